The van der Waals surface area contributed by atoms with Crippen molar-refractivity contribution in [2.75, 3.05) is 24.7 Å². The number of likely N-dealkylation sites (tertiary alicyclic amines) is 1. The number of hydrogen-bond acceptors (Lipinski definition) is 4. The van der Waals surface area contributed by atoms with Gasteiger partial charge in [0.05, 0.1) is 5.88 Å². The fourth-order valence-electron chi connectivity index (χ4n) is 2.70. The molecule has 5 nitrogen and oxygen atoms in total. The Bertz CT molecular complexity index is 400. The lowest BCUT2D eigenvalue weighted by Gasteiger charge is -2.36. The summed E-state index contributed by atoms with van der Waals surface area (Å²) < 4.78 is 0. The van der Waals surface area contributed by atoms with Crippen molar-refractivity contribution in [3.63, 3.8) is 0 Å². The Morgan fingerprint density at radius 2 is 1.95 bits per heavy atom. The highest BCUT2D eigenvalue weighted by Gasteiger charge is 2.41. The molecule has 0 aromatic rings. The van der Waals surface area contributed by atoms with Gasteiger partial charge in [0.1, 0.15) is 6.04 Å². The summed E-state index contributed by atoms with van der Waals surface area (Å²) >= 11 is 1.65. The van der Waals surface area contributed by atoms with Gasteiger partial charge < -0.3 is 15.5 Å². The quantitative estimate of drug-likeness (QED) is 0.784. The summed E-state index contributed by atoms with van der Waals surface area (Å²) in [5.74, 6) is 1.45. The number of carbonyl (C=O) groups is 2. The first-order valence-corrected chi connectivity index (χ1v) is 8.39. The smallest absolute Gasteiger partial charge is 0.246 e. The molecule has 2 atom stereocenters. The number of hydrogen-bond donors (Lipinski definition) is 1. The second kappa shape index (κ2) is 7.20. The van der Waals surface area contributed by atoms with Gasteiger partial charge in [-0.05, 0) is 12.8 Å². The number of halogens is 1. The molecule has 2 fully saturated rings. The monoisotopic (exact) mass is 335 g/mol. The third-order valence-electron chi connectivity index (χ3n) is 3.84. The Morgan fingerprint density at radius 1 is 1.29 bits per heavy atom. The summed E-state index contributed by atoms with van der Waals surface area (Å²) in [7, 11) is 0. The Kier molecular flexibility index (Phi) is 6.37. The van der Waals surface area contributed by atoms with Crippen LogP contribution in [0.15, 0.2) is 0 Å². The minimum absolute atomic E-state index is 0. The van der Waals surface area contributed by atoms with Crippen LogP contribution in [0.4, 0.5) is 0 Å². The summed E-state index contributed by atoms with van der Waals surface area (Å²) in [6.07, 6.45) is 1.94. The van der Waals surface area contributed by atoms with E-state index in [1.54, 1.807) is 16.7 Å². The van der Waals surface area contributed by atoms with Crippen molar-refractivity contribution in [1.82, 2.24) is 9.80 Å². The van der Waals surface area contributed by atoms with Crippen LogP contribution in [0.1, 0.15) is 33.6 Å². The average Bonchev–Trinajstić information content (AvgIpc) is 2.84. The molecule has 122 valence electrons. The van der Waals surface area contributed by atoms with Crippen molar-refractivity contribution in [3.05, 3.63) is 0 Å². The summed E-state index contributed by atoms with van der Waals surface area (Å²) in [4.78, 5) is 28.7. The Morgan fingerprint density at radius 3 is 2.52 bits per heavy atom. The van der Waals surface area contributed by atoms with E-state index in [1.807, 2.05) is 25.7 Å². The lowest BCUT2D eigenvalue weighted by atomic mass is 9.94. The zero-order valence-electron chi connectivity index (χ0n) is 13.0. The van der Waals surface area contributed by atoms with Gasteiger partial charge in [0.25, 0.3) is 0 Å². The number of piperidine rings is 1. The van der Waals surface area contributed by atoms with E-state index in [1.165, 1.54) is 0 Å². The molecule has 0 bridgehead atoms. The van der Waals surface area contributed by atoms with Crippen molar-refractivity contribution < 1.29 is 9.59 Å². The maximum atomic E-state index is 12.7. The Hall–Kier alpha value is -0.460. The van der Waals surface area contributed by atoms with Gasteiger partial charge >= 0.3 is 0 Å². The van der Waals surface area contributed by atoms with Crippen molar-refractivity contribution in [2.45, 2.75) is 45.7 Å². The Labute approximate surface area is 137 Å². The predicted octanol–water partition coefficient (Wildman–Crippen LogP) is 1.31. The third kappa shape index (κ3) is 4.27. The van der Waals surface area contributed by atoms with Crippen molar-refractivity contribution in [2.24, 2.45) is 11.1 Å². The van der Waals surface area contributed by atoms with Crippen LogP contribution >= 0.6 is 24.2 Å². The molecule has 2 N–H and O–H groups in total. The maximum absolute atomic E-state index is 12.7. The van der Waals surface area contributed by atoms with Crippen molar-refractivity contribution in [1.29, 1.82) is 0 Å². The van der Waals surface area contributed by atoms with Gasteiger partial charge in [0, 0.05) is 30.3 Å². The predicted molar refractivity (Wildman–Crippen MR) is 88.5 cm³/mol. The lowest BCUT2D eigenvalue weighted by molar-refractivity contribution is -0.148. The highest BCUT2D eigenvalue weighted by molar-refractivity contribution is 7.99. The average molecular weight is 336 g/mol. The van der Waals surface area contributed by atoms with Gasteiger partial charge in [-0.1, -0.05) is 20.8 Å². The van der Waals surface area contributed by atoms with Crippen LogP contribution in [0.3, 0.4) is 0 Å². The van der Waals surface area contributed by atoms with E-state index in [0.717, 1.165) is 19.4 Å². The molecule has 0 radical (unpaired) electrons. The van der Waals surface area contributed by atoms with Crippen LogP contribution in [0.2, 0.25) is 0 Å². The number of nitrogens with two attached hydrogens (primary N) is 1. The van der Waals surface area contributed by atoms with E-state index in [4.69, 9.17) is 5.73 Å². The fraction of sp³-hybridized carbons (Fsp3) is 0.857. The van der Waals surface area contributed by atoms with Gasteiger partial charge in [-0.2, -0.15) is 0 Å². The molecule has 2 aliphatic heterocycles. The van der Waals surface area contributed by atoms with Gasteiger partial charge in [0.2, 0.25) is 11.8 Å². The summed E-state index contributed by atoms with van der Waals surface area (Å²) in [5.41, 5.74) is 5.50. The normalized spacial score (nSPS) is 26.5. The SMILES string of the molecule is CC(C)(C)C(=O)N1CSCC1C(=O)N1CCCC(N)C1.Cl. The second-order valence-electron chi connectivity index (χ2n) is 6.73. The molecular formula is C14H26ClN3O2S. The molecular weight excluding hydrogens is 310 g/mol. The third-order valence-corrected chi connectivity index (χ3v) is 4.85. The van der Waals surface area contributed by atoms with Crippen LogP contribution in [0.5, 0.6) is 0 Å². The molecule has 21 heavy (non-hydrogen) atoms. The van der Waals surface area contributed by atoms with E-state index in [2.05, 4.69) is 0 Å². The van der Waals surface area contributed by atoms with Gasteiger partial charge in [-0.25, -0.2) is 0 Å². The topological polar surface area (TPSA) is 66.6 Å². The molecule has 0 aliphatic carbocycles. The van der Waals surface area contributed by atoms with Crippen LogP contribution in [0, 0.1) is 5.41 Å². The summed E-state index contributed by atoms with van der Waals surface area (Å²) in [5, 5.41) is 0. The van der Waals surface area contributed by atoms with E-state index >= 15 is 0 Å². The molecule has 2 unspecified atom stereocenters. The molecule has 2 heterocycles. The first kappa shape index (κ1) is 18.6. The molecule has 7 heteroatoms. The molecule has 2 amide bonds. The van der Waals surface area contributed by atoms with Crippen LogP contribution in [-0.4, -0.2) is 58.4 Å². The summed E-state index contributed by atoms with van der Waals surface area (Å²) in [6, 6.07) is -0.231. The lowest BCUT2D eigenvalue weighted by Crippen LogP contribution is -2.55. The molecule has 0 aromatic carbocycles. The van der Waals surface area contributed by atoms with Crippen molar-refractivity contribution >= 4 is 36.0 Å². The maximum Gasteiger partial charge on any atom is 0.246 e. The molecule has 2 aliphatic rings. The standard InChI is InChI=1S/C14H25N3O2S.ClH/c1-14(2,3)13(19)17-9-20-8-11(17)12(18)16-6-4-5-10(15)7-16;/h10-11H,4-9,15H2,1-3H3;1H. The van der Waals surface area contributed by atoms with E-state index in [9.17, 15) is 9.59 Å². The van der Waals surface area contributed by atoms with Crippen LogP contribution in [0.25, 0.3) is 0 Å². The van der Waals surface area contributed by atoms with E-state index in [-0.39, 0.29) is 36.3 Å². The molecule has 2 rings (SSSR count). The van der Waals surface area contributed by atoms with Crippen LogP contribution < -0.4 is 5.73 Å². The molecule has 0 aromatic heterocycles. The number of thioether (sulfide) groups is 1. The number of amides is 2. The van der Waals surface area contributed by atoms with E-state index < -0.39 is 5.41 Å². The van der Waals surface area contributed by atoms with Gasteiger partial charge in [-0.15, -0.1) is 24.2 Å². The fourth-order valence-corrected chi connectivity index (χ4v) is 3.84. The molecule has 0 saturated carbocycles. The van der Waals surface area contributed by atoms with Crippen molar-refractivity contribution in [3.8, 4) is 0 Å². The van der Waals surface area contributed by atoms with Gasteiger partial charge in [0.15, 0.2) is 0 Å². The number of rotatable bonds is 1. The van der Waals surface area contributed by atoms with Crippen LogP contribution in [-0.2, 0) is 9.59 Å². The minimum atomic E-state index is -0.443. The Balaban J connectivity index is 0.00000220. The minimum Gasteiger partial charge on any atom is -0.339 e. The molecule has 0 spiro atoms. The first-order valence-electron chi connectivity index (χ1n) is 7.24. The second-order valence-corrected chi connectivity index (χ2v) is 7.73. The summed E-state index contributed by atoms with van der Waals surface area (Å²) in [6.45, 7) is 7.09. The highest BCUT2D eigenvalue weighted by atomic mass is 35.5. The zero-order chi connectivity index (χ0) is 14.9. The van der Waals surface area contributed by atoms with E-state index in [0.29, 0.717) is 18.2 Å². The highest BCUT2D eigenvalue weighted by Crippen LogP contribution is 2.28. The zero-order valence-corrected chi connectivity index (χ0v) is 14.6. The number of carbonyl (C=O) groups excluding carboxylic acids is 2. The largest absolute Gasteiger partial charge is 0.339 e. The molecule has 2 saturated heterocycles. The van der Waals surface area contributed by atoms with Gasteiger partial charge in [-0.3, -0.25) is 9.59 Å². The first-order chi connectivity index (χ1) is 9.30. The number of nitrogens with zero attached hydrogens (tertiary/aromatic N) is 2.